The summed E-state index contributed by atoms with van der Waals surface area (Å²) in [5, 5.41) is 120. The van der Waals surface area contributed by atoms with E-state index < -0.39 is 124 Å². The Hall–Kier alpha value is -2.51. The number of carbonyl (C=O) groups excluding carboxylic acids is 1. The molecule has 75 heavy (non-hydrogen) atoms. The molecule has 0 aromatic carbocycles. The van der Waals surface area contributed by atoms with E-state index in [2.05, 4.69) is 67.8 Å². The fourth-order valence-corrected chi connectivity index (χ4v) is 9.07. The van der Waals surface area contributed by atoms with Crippen molar-refractivity contribution < 1.29 is 89.4 Å². The number of ether oxygens (including phenoxy) is 6. The minimum atomic E-state index is -1.98. The summed E-state index contributed by atoms with van der Waals surface area (Å²) < 4.78 is 34.1. The third-order valence-corrected chi connectivity index (χ3v) is 13.8. The van der Waals surface area contributed by atoms with E-state index in [1.807, 2.05) is 6.08 Å². The molecule has 1 amide bonds. The topological polar surface area (TPSA) is 307 Å². The maximum absolute atomic E-state index is 13.3. The van der Waals surface area contributed by atoms with Crippen LogP contribution in [-0.2, 0) is 33.2 Å². The summed E-state index contributed by atoms with van der Waals surface area (Å²) >= 11 is 0. The van der Waals surface area contributed by atoms with E-state index in [1.54, 1.807) is 6.08 Å². The number of amides is 1. The lowest BCUT2D eigenvalue weighted by atomic mass is 9.96. The molecule has 19 nitrogen and oxygen atoms in total. The molecule has 0 aliphatic carbocycles. The molecule has 3 rings (SSSR count). The lowest BCUT2D eigenvalue weighted by Crippen LogP contribution is -2.66. The Labute approximate surface area is 445 Å². The maximum Gasteiger partial charge on any atom is 0.220 e. The normalized spacial score (nSPS) is 31.7. The van der Waals surface area contributed by atoms with Gasteiger partial charge in [-0.1, -0.05) is 132 Å². The first-order valence-corrected chi connectivity index (χ1v) is 28.0. The highest BCUT2D eigenvalue weighted by molar-refractivity contribution is 5.76. The van der Waals surface area contributed by atoms with Gasteiger partial charge in [0.05, 0.1) is 38.6 Å². The number of rotatable bonds is 39. The predicted octanol–water partition coefficient (Wildman–Crippen LogP) is 3.70. The van der Waals surface area contributed by atoms with Crippen molar-refractivity contribution in [2.45, 2.75) is 259 Å². The van der Waals surface area contributed by atoms with Crippen LogP contribution in [0.4, 0.5) is 0 Å². The van der Waals surface area contributed by atoms with Crippen LogP contribution >= 0.6 is 0 Å². The molecule has 0 aromatic heterocycles. The summed E-state index contributed by atoms with van der Waals surface area (Å²) in [4.78, 5) is 13.3. The first kappa shape index (κ1) is 66.8. The van der Waals surface area contributed by atoms with Crippen molar-refractivity contribution in [1.29, 1.82) is 0 Å². The van der Waals surface area contributed by atoms with Gasteiger partial charge in [0.1, 0.15) is 73.2 Å². The molecule has 0 radical (unpaired) electrons. The molecule has 19 heteroatoms. The minimum Gasteiger partial charge on any atom is -0.394 e. The van der Waals surface area contributed by atoms with Crippen LogP contribution in [0, 0.1) is 0 Å². The van der Waals surface area contributed by atoms with Crippen LogP contribution in [0.2, 0.25) is 0 Å². The van der Waals surface area contributed by atoms with Crippen molar-refractivity contribution in [3.8, 4) is 0 Å². The average Bonchev–Trinajstić information content (AvgIpc) is 3.41. The summed E-state index contributed by atoms with van der Waals surface area (Å²) in [6.45, 7) is 1.60. The van der Waals surface area contributed by atoms with Gasteiger partial charge >= 0.3 is 0 Å². The van der Waals surface area contributed by atoms with Crippen LogP contribution in [-0.4, -0.2) is 193 Å². The molecular formula is C56H97NO18. The van der Waals surface area contributed by atoms with E-state index in [9.17, 15) is 61.0 Å². The summed E-state index contributed by atoms with van der Waals surface area (Å²) in [6, 6.07) is -1.00. The largest absolute Gasteiger partial charge is 0.394 e. The third kappa shape index (κ3) is 24.6. The number of hydrogen-bond donors (Lipinski definition) is 12. The van der Waals surface area contributed by atoms with Crippen molar-refractivity contribution in [3.05, 3.63) is 60.8 Å². The summed E-state index contributed by atoms with van der Waals surface area (Å²) in [6.07, 6.45) is 16.4. The molecule has 3 heterocycles. The first-order valence-electron chi connectivity index (χ1n) is 28.0. The molecule has 12 N–H and O–H groups in total. The molecule has 0 aromatic rings. The third-order valence-electron chi connectivity index (χ3n) is 13.8. The highest BCUT2D eigenvalue weighted by atomic mass is 16.8. The van der Waals surface area contributed by atoms with Gasteiger partial charge in [-0.15, -0.1) is 0 Å². The Balaban J connectivity index is 1.56. The second kappa shape index (κ2) is 39.8. The monoisotopic (exact) mass is 1070 g/mol. The van der Waals surface area contributed by atoms with Gasteiger partial charge in [-0.3, -0.25) is 4.79 Å². The second-order valence-electron chi connectivity index (χ2n) is 20.0. The van der Waals surface area contributed by atoms with Crippen LogP contribution in [0.15, 0.2) is 60.8 Å². The molecule has 17 unspecified atom stereocenters. The van der Waals surface area contributed by atoms with Crippen molar-refractivity contribution in [2.75, 3.05) is 26.4 Å². The van der Waals surface area contributed by atoms with E-state index in [4.69, 9.17) is 28.4 Å². The Kier molecular flexibility index (Phi) is 35.4. The van der Waals surface area contributed by atoms with Gasteiger partial charge in [0, 0.05) is 6.42 Å². The van der Waals surface area contributed by atoms with Crippen LogP contribution in [0.25, 0.3) is 0 Å². The van der Waals surface area contributed by atoms with Crippen LogP contribution in [0.5, 0.6) is 0 Å². The number of unbranched alkanes of at least 4 members (excludes halogenated alkanes) is 15. The molecule has 0 bridgehead atoms. The molecule has 0 spiro atoms. The van der Waals surface area contributed by atoms with Gasteiger partial charge in [0.15, 0.2) is 18.9 Å². The SMILES string of the molecule is CCCCCC/C=C\C/C=C\CCCCCCCC(=O)NC(COC1OC(CO)C(OC2OC(CO)C(OC3OC(CO)C(O)C(O)C3O)C(O)C2O)C(O)C1O)C(O)/C=C/CC/C=C/CC/C=C/CCCCCC. The highest BCUT2D eigenvalue weighted by Crippen LogP contribution is 2.33. The zero-order valence-corrected chi connectivity index (χ0v) is 44.8. The number of carbonyl (C=O) groups is 1. The number of allylic oxidation sites excluding steroid dienone is 9. The Morgan fingerprint density at radius 3 is 1.41 bits per heavy atom. The van der Waals surface area contributed by atoms with Crippen LogP contribution in [0.1, 0.15) is 155 Å². The Morgan fingerprint density at radius 1 is 0.480 bits per heavy atom. The molecule has 3 aliphatic rings. The number of hydrogen-bond acceptors (Lipinski definition) is 18. The van der Waals surface area contributed by atoms with Crippen molar-refractivity contribution in [3.63, 3.8) is 0 Å². The zero-order chi connectivity index (χ0) is 54.8. The minimum absolute atomic E-state index is 0.213. The second-order valence-corrected chi connectivity index (χ2v) is 20.0. The fourth-order valence-electron chi connectivity index (χ4n) is 9.07. The number of aliphatic hydroxyl groups excluding tert-OH is 11. The smallest absolute Gasteiger partial charge is 0.220 e. The molecule has 17 atom stereocenters. The number of aliphatic hydroxyl groups is 11. The predicted molar refractivity (Wildman–Crippen MR) is 282 cm³/mol. The van der Waals surface area contributed by atoms with E-state index in [0.29, 0.717) is 12.8 Å². The van der Waals surface area contributed by atoms with Crippen molar-refractivity contribution >= 4 is 5.91 Å². The molecule has 3 fully saturated rings. The molecule has 3 saturated heterocycles. The van der Waals surface area contributed by atoms with E-state index in [-0.39, 0.29) is 18.9 Å². The Bertz CT molecular complexity index is 1610. The van der Waals surface area contributed by atoms with E-state index >= 15 is 0 Å². The number of nitrogens with one attached hydrogen (secondary N) is 1. The van der Waals surface area contributed by atoms with Crippen LogP contribution in [0.3, 0.4) is 0 Å². The van der Waals surface area contributed by atoms with Gasteiger partial charge in [0.2, 0.25) is 5.91 Å². The average molecular weight is 1070 g/mol. The Morgan fingerprint density at radius 2 is 0.893 bits per heavy atom. The van der Waals surface area contributed by atoms with Crippen molar-refractivity contribution in [2.24, 2.45) is 0 Å². The van der Waals surface area contributed by atoms with E-state index in [0.717, 1.165) is 70.6 Å². The van der Waals surface area contributed by atoms with Gasteiger partial charge < -0.3 is 89.9 Å². The molecule has 3 aliphatic heterocycles. The quantitative estimate of drug-likeness (QED) is 0.0309. The first-order chi connectivity index (χ1) is 36.3. The van der Waals surface area contributed by atoms with Gasteiger partial charge in [-0.05, 0) is 77.0 Å². The van der Waals surface area contributed by atoms with Crippen LogP contribution < -0.4 is 5.32 Å². The zero-order valence-electron chi connectivity index (χ0n) is 44.8. The molecule has 0 saturated carbocycles. The molecular weight excluding hydrogens is 975 g/mol. The van der Waals surface area contributed by atoms with Gasteiger partial charge in [-0.25, -0.2) is 0 Å². The van der Waals surface area contributed by atoms with E-state index in [1.165, 1.54) is 51.4 Å². The maximum atomic E-state index is 13.3. The molecule has 434 valence electrons. The van der Waals surface area contributed by atoms with Crippen molar-refractivity contribution in [1.82, 2.24) is 5.32 Å². The highest BCUT2D eigenvalue weighted by Gasteiger charge is 2.53. The van der Waals surface area contributed by atoms with Gasteiger partial charge in [0.25, 0.3) is 0 Å². The summed E-state index contributed by atoms with van der Waals surface area (Å²) in [5.74, 6) is -0.308. The lowest BCUT2D eigenvalue weighted by molar-refractivity contribution is -0.379. The summed E-state index contributed by atoms with van der Waals surface area (Å²) in [7, 11) is 0. The lowest BCUT2D eigenvalue weighted by Gasteiger charge is -2.48. The fraction of sp³-hybridized carbons (Fsp3) is 0.804. The van der Waals surface area contributed by atoms with Gasteiger partial charge in [-0.2, -0.15) is 0 Å². The summed E-state index contributed by atoms with van der Waals surface area (Å²) in [5.41, 5.74) is 0. The standard InChI is InChI=1S/C56H97NO18/c1-3-5-7-9-11-13-15-17-19-20-22-24-26-28-30-32-34-44(62)57-39(40(61)33-31-29-27-25-23-21-18-16-14-12-10-8-6-4-2)38-70-54-50(68)47(65)52(42(36-59)72-54)75-56-51(69)48(66)53(43(37-60)73-56)74-55-49(67)46(64)45(63)41(35-58)71-55/h13-16,19-20,23,25,31,33,39-43,45-56,58-61,63-69H,3-12,17-18,21-22,24,26-30,32,34-38H2,1-2H3,(H,57,62)/b15-13-,16-14+,20-19-,25-23+,33-31+.